The molecule has 0 aliphatic carbocycles. The SMILES string of the molecule is CCCOC(=O)c1ccccc1N1C(=O)C(Cl)=C(Nc2ccc(C(=O)Oc3ccc(C)c(C)c3)cc2)C1=O. The van der Waals surface area contributed by atoms with Crippen LogP contribution in [0.3, 0.4) is 0 Å². The summed E-state index contributed by atoms with van der Waals surface area (Å²) >= 11 is 6.24. The zero-order valence-electron chi connectivity index (χ0n) is 21.0. The zero-order valence-corrected chi connectivity index (χ0v) is 21.8. The number of amides is 2. The first-order valence-electron chi connectivity index (χ1n) is 11.9. The molecule has 0 saturated heterocycles. The monoisotopic (exact) mass is 532 g/mol. The van der Waals surface area contributed by atoms with Crippen LogP contribution in [0.25, 0.3) is 0 Å². The minimum Gasteiger partial charge on any atom is -0.462 e. The fraction of sp³-hybridized carbons (Fsp3) is 0.172. The minimum atomic E-state index is -0.775. The molecule has 1 heterocycles. The molecule has 8 nitrogen and oxygen atoms in total. The highest BCUT2D eigenvalue weighted by Gasteiger charge is 2.40. The zero-order chi connectivity index (χ0) is 27.4. The van der Waals surface area contributed by atoms with Gasteiger partial charge in [-0.3, -0.25) is 9.59 Å². The van der Waals surface area contributed by atoms with Crippen molar-refractivity contribution < 1.29 is 28.7 Å². The molecule has 3 aromatic rings. The van der Waals surface area contributed by atoms with Crippen LogP contribution in [0.5, 0.6) is 5.75 Å². The maximum absolute atomic E-state index is 13.2. The summed E-state index contributed by atoms with van der Waals surface area (Å²) in [5.74, 6) is -2.26. The number of carbonyl (C=O) groups is 4. The standard InChI is InChI=1S/C29H25ClN2O6/c1-4-15-37-29(36)22-7-5-6-8-23(22)32-26(33)24(30)25(27(32)34)31-20-12-10-19(11-13-20)28(35)38-21-14-9-17(2)18(3)16-21/h5-14,16,31H,4,15H2,1-3H3. The molecule has 0 aromatic heterocycles. The van der Waals surface area contributed by atoms with Crippen LogP contribution in [0, 0.1) is 13.8 Å². The van der Waals surface area contributed by atoms with Crippen LogP contribution in [0.1, 0.15) is 45.2 Å². The average molecular weight is 533 g/mol. The van der Waals surface area contributed by atoms with Crippen LogP contribution < -0.4 is 15.0 Å². The Kier molecular flexibility index (Phi) is 7.93. The smallest absolute Gasteiger partial charge is 0.343 e. The molecule has 1 N–H and O–H groups in total. The fourth-order valence-electron chi connectivity index (χ4n) is 3.72. The number of esters is 2. The van der Waals surface area contributed by atoms with Gasteiger partial charge in [0, 0.05) is 5.69 Å². The molecular formula is C29H25ClN2O6. The van der Waals surface area contributed by atoms with Crippen LogP contribution in [0.2, 0.25) is 0 Å². The van der Waals surface area contributed by atoms with E-state index in [0.29, 0.717) is 23.4 Å². The van der Waals surface area contributed by atoms with Gasteiger partial charge in [-0.1, -0.05) is 36.7 Å². The number of nitrogens with one attached hydrogen (secondary N) is 1. The van der Waals surface area contributed by atoms with Gasteiger partial charge in [-0.15, -0.1) is 0 Å². The van der Waals surface area contributed by atoms with E-state index in [0.717, 1.165) is 16.0 Å². The maximum atomic E-state index is 13.2. The largest absolute Gasteiger partial charge is 0.462 e. The van der Waals surface area contributed by atoms with Crippen molar-refractivity contribution >= 4 is 46.7 Å². The molecule has 2 amide bonds. The fourth-order valence-corrected chi connectivity index (χ4v) is 3.93. The van der Waals surface area contributed by atoms with E-state index in [1.165, 1.54) is 24.3 Å². The van der Waals surface area contributed by atoms with E-state index in [4.69, 9.17) is 21.1 Å². The lowest BCUT2D eigenvalue weighted by Crippen LogP contribution is -2.33. The van der Waals surface area contributed by atoms with Gasteiger partial charge in [-0.05, 0) is 79.9 Å². The first-order valence-corrected chi connectivity index (χ1v) is 12.3. The predicted octanol–water partition coefficient (Wildman–Crippen LogP) is 5.53. The van der Waals surface area contributed by atoms with Crippen molar-refractivity contribution in [2.75, 3.05) is 16.8 Å². The number of hydrogen-bond acceptors (Lipinski definition) is 7. The third-order valence-electron chi connectivity index (χ3n) is 5.91. The summed E-state index contributed by atoms with van der Waals surface area (Å²) in [4.78, 5) is 52.0. The highest BCUT2D eigenvalue weighted by Crippen LogP contribution is 2.32. The molecule has 4 rings (SSSR count). The minimum absolute atomic E-state index is 0.0694. The third kappa shape index (κ3) is 5.45. The number of para-hydroxylation sites is 1. The van der Waals surface area contributed by atoms with Crippen LogP contribution in [-0.4, -0.2) is 30.4 Å². The second-order valence-electron chi connectivity index (χ2n) is 8.63. The Morgan fingerprint density at radius 2 is 1.61 bits per heavy atom. The van der Waals surface area contributed by atoms with Gasteiger partial charge in [0.1, 0.15) is 16.5 Å². The Labute approximate surface area is 224 Å². The van der Waals surface area contributed by atoms with E-state index in [1.54, 1.807) is 36.4 Å². The number of carbonyl (C=O) groups excluding carboxylic acids is 4. The highest BCUT2D eigenvalue weighted by molar-refractivity contribution is 6.53. The Balaban J connectivity index is 1.50. The number of aryl methyl sites for hydroxylation is 2. The first kappa shape index (κ1) is 26.6. The van der Waals surface area contributed by atoms with Gasteiger partial charge in [-0.2, -0.15) is 0 Å². The van der Waals surface area contributed by atoms with Crippen molar-refractivity contribution in [3.05, 3.63) is 99.7 Å². The molecule has 0 spiro atoms. The lowest BCUT2D eigenvalue weighted by molar-refractivity contribution is -0.120. The number of nitrogens with zero attached hydrogens (tertiary/aromatic N) is 1. The van der Waals surface area contributed by atoms with Gasteiger partial charge in [0.25, 0.3) is 11.8 Å². The summed E-state index contributed by atoms with van der Waals surface area (Å²) in [5, 5.41) is 2.52. The number of imide groups is 1. The summed E-state index contributed by atoms with van der Waals surface area (Å²) in [6, 6.07) is 17.7. The molecule has 0 unspecified atom stereocenters. The molecule has 0 saturated carbocycles. The molecule has 0 radical (unpaired) electrons. The van der Waals surface area contributed by atoms with E-state index in [2.05, 4.69) is 5.32 Å². The Morgan fingerprint density at radius 3 is 2.29 bits per heavy atom. The van der Waals surface area contributed by atoms with Crippen LogP contribution in [-0.2, 0) is 14.3 Å². The molecule has 0 bridgehead atoms. The third-order valence-corrected chi connectivity index (χ3v) is 6.26. The number of hydrogen-bond donors (Lipinski definition) is 1. The number of benzene rings is 3. The maximum Gasteiger partial charge on any atom is 0.343 e. The van der Waals surface area contributed by atoms with E-state index >= 15 is 0 Å². The van der Waals surface area contributed by atoms with Crippen molar-refractivity contribution in [3.63, 3.8) is 0 Å². The Hall–Kier alpha value is -4.43. The first-order chi connectivity index (χ1) is 18.2. The second-order valence-corrected chi connectivity index (χ2v) is 9.00. The van der Waals surface area contributed by atoms with Crippen molar-refractivity contribution in [1.29, 1.82) is 0 Å². The Bertz CT molecular complexity index is 1460. The molecule has 3 aromatic carbocycles. The normalized spacial score (nSPS) is 13.1. The summed E-state index contributed by atoms with van der Waals surface area (Å²) < 4.78 is 10.6. The Morgan fingerprint density at radius 1 is 0.895 bits per heavy atom. The van der Waals surface area contributed by atoms with Gasteiger partial charge in [0.2, 0.25) is 0 Å². The van der Waals surface area contributed by atoms with E-state index < -0.39 is 23.8 Å². The topological polar surface area (TPSA) is 102 Å². The van der Waals surface area contributed by atoms with Crippen LogP contribution >= 0.6 is 11.6 Å². The van der Waals surface area contributed by atoms with Crippen molar-refractivity contribution in [2.24, 2.45) is 0 Å². The number of halogens is 1. The lowest BCUT2D eigenvalue weighted by Gasteiger charge is -2.18. The molecule has 1 aliphatic heterocycles. The summed E-state index contributed by atoms with van der Waals surface area (Å²) in [5.41, 5.74) is 2.79. The average Bonchev–Trinajstić information content (AvgIpc) is 3.12. The van der Waals surface area contributed by atoms with Gasteiger partial charge < -0.3 is 14.8 Å². The molecule has 194 valence electrons. The van der Waals surface area contributed by atoms with Crippen LogP contribution in [0.4, 0.5) is 11.4 Å². The lowest BCUT2D eigenvalue weighted by atomic mass is 10.1. The van der Waals surface area contributed by atoms with Crippen molar-refractivity contribution in [1.82, 2.24) is 0 Å². The number of anilines is 2. The molecule has 0 atom stereocenters. The van der Waals surface area contributed by atoms with Crippen molar-refractivity contribution in [2.45, 2.75) is 27.2 Å². The highest BCUT2D eigenvalue weighted by atomic mass is 35.5. The summed E-state index contributed by atoms with van der Waals surface area (Å²) in [7, 11) is 0. The molecule has 0 fully saturated rings. The van der Waals surface area contributed by atoms with E-state index in [-0.39, 0.29) is 28.6 Å². The molecule has 9 heteroatoms. The van der Waals surface area contributed by atoms with Gasteiger partial charge in [0.05, 0.1) is 23.4 Å². The molecule has 1 aliphatic rings. The van der Waals surface area contributed by atoms with Crippen LogP contribution in [0.15, 0.2) is 77.5 Å². The quantitative estimate of drug-likeness (QED) is 0.231. The van der Waals surface area contributed by atoms with E-state index in [1.807, 2.05) is 26.8 Å². The number of ether oxygens (including phenoxy) is 2. The van der Waals surface area contributed by atoms with Gasteiger partial charge in [0.15, 0.2) is 0 Å². The van der Waals surface area contributed by atoms with E-state index in [9.17, 15) is 19.2 Å². The predicted molar refractivity (Wildman–Crippen MR) is 143 cm³/mol. The summed E-state index contributed by atoms with van der Waals surface area (Å²) in [6.07, 6.45) is 0.624. The van der Waals surface area contributed by atoms with Gasteiger partial charge in [-0.25, -0.2) is 14.5 Å². The summed E-state index contributed by atoms with van der Waals surface area (Å²) in [6.45, 7) is 5.96. The molecule has 38 heavy (non-hydrogen) atoms. The van der Waals surface area contributed by atoms with Crippen molar-refractivity contribution in [3.8, 4) is 5.75 Å². The van der Waals surface area contributed by atoms with Gasteiger partial charge >= 0.3 is 11.9 Å². The second kappa shape index (κ2) is 11.3. The number of rotatable bonds is 8. The molecular weight excluding hydrogens is 508 g/mol.